The van der Waals surface area contributed by atoms with Gasteiger partial charge in [-0.3, -0.25) is 0 Å². The molecule has 0 bridgehead atoms. The first kappa shape index (κ1) is 14.0. The maximum Gasteiger partial charge on any atom is 0.000252 e. The summed E-state index contributed by atoms with van der Waals surface area (Å²) in [4.78, 5) is 0. The van der Waals surface area contributed by atoms with Crippen molar-refractivity contribution >= 4 is 0 Å². The minimum absolute atomic E-state index is 0.447. The molecule has 0 saturated heterocycles. The molecule has 1 nitrogen and oxygen atoms in total. The van der Waals surface area contributed by atoms with Gasteiger partial charge in [0.2, 0.25) is 0 Å². The Morgan fingerprint density at radius 2 is 1.50 bits per heavy atom. The Kier molecular flexibility index (Phi) is 5.73. The molecule has 0 aromatic rings. The molecule has 0 heterocycles. The molecule has 0 atom stereocenters. The highest BCUT2D eigenvalue weighted by Crippen LogP contribution is 2.29. The van der Waals surface area contributed by atoms with Crippen molar-refractivity contribution in [3.05, 3.63) is 0 Å². The molecule has 0 rings (SSSR count). The molecule has 0 amide bonds. The second-order valence-electron chi connectivity index (χ2n) is 6.40. The molecule has 0 fully saturated rings. The fourth-order valence-electron chi connectivity index (χ4n) is 1.41. The lowest BCUT2D eigenvalue weighted by Gasteiger charge is -2.29. The van der Waals surface area contributed by atoms with Crippen LogP contribution in [0.5, 0.6) is 0 Å². The summed E-state index contributed by atoms with van der Waals surface area (Å²) in [5.41, 5.74) is 0.921. The Hall–Kier alpha value is -0.0400. The van der Waals surface area contributed by atoms with Gasteiger partial charge in [0.15, 0.2) is 0 Å². The van der Waals surface area contributed by atoms with Gasteiger partial charge < -0.3 is 5.32 Å². The minimum atomic E-state index is 0.447. The summed E-state index contributed by atoms with van der Waals surface area (Å²) in [5, 5.41) is 3.51. The summed E-state index contributed by atoms with van der Waals surface area (Å²) in [6.45, 7) is 16.2. The van der Waals surface area contributed by atoms with E-state index in [9.17, 15) is 0 Å². The Morgan fingerprint density at radius 3 is 1.93 bits per heavy atom. The molecule has 0 aliphatic heterocycles. The van der Waals surface area contributed by atoms with Crippen molar-refractivity contribution < 1.29 is 0 Å². The Balaban J connectivity index is 3.72. The van der Waals surface area contributed by atoms with E-state index in [4.69, 9.17) is 0 Å². The van der Waals surface area contributed by atoms with Gasteiger partial charge >= 0.3 is 0 Å². The zero-order valence-electron chi connectivity index (χ0n) is 11.0. The maximum absolute atomic E-state index is 3.51. The van der Waals surface area contributed by atoms with Crippen molar-refractivity contribution in [1.29, 1.82) is 0 Å². The number of rotatable bonds is 6. The Morgan fingerprint density at radius 1 is 0.929 bits per heavy atom. The molecular weight excluding hydrogens is 170 g/mol. The van der Waals surface area contributed by atoms with Gasteiger partial charge in [0.1, 0.15) is 0 Å². The van der Waals surface area contributed by atoms with E-state index < -0.39 is 0 Å². The topological polar surface area (TPSA) is 12.0 Å². The fourth-order valence-corrected chi connectivity index (χ4v) is 1.41. The van der Waals surface area contributed by atoms with E-state index in [2.05, 4.69) is 46.9 Å². The molecule has 14 heavy (non-hydrogen) atoms. The second-order valence-corrected chi connectivity index (χ2v) is 6.40. The molecule has 1 heteroatoms. The zero-order chi connectivity index (χ0) is 11.2. The highest BCUT2D eigenvalue weighted by atomic mass is 14.9. The molecule has 0 aromatic carbocycles. The lowest BCUT2D eigenvalue weighted by atomic mass is 9.80. The van der Waals surface area contributed by atoms with E-state index in [1.807, 2.05) is 0 Å². The molecule has 0 aromatic heterocycles. The van der Waals surface area contributed by atoms with E-state index in [0.29, 0.717) is 10.8 Å². The van der Waals surface area contributed by atoms with Crippen LogP contribution in [0, 0.1) is 10.8 Å². The molecule has 0 aliphatic rings. The Bertz CT molecular complexity index is 142. The summed E-state index contributed by atoms with van der Waals surface area (Å²) < 4.78 is 0. The molecular formula is C13H29N. The molecule has 0 spiro atoms. The van der Waals surface area contributed by atoms with Crippen molar-refractivity contribution in [1.82, 2.24) is 5.32 Å². The van der Waals surface area contributed by atoms with Crippen molar-refractivity contribution in [2.45, 2.75) is 60.8 Å². The second kappa shape index (κ2) is 5.75. The van der Waals surface area contributed by atoms with Gasteiger partial charge in [-0.25, -0.2) is 0 Å². The van der Waals surface area contributed by atoms with Gasteiger partial charge in [-0.15, -0.1) is 0 Å². The normalized spacial score (nSPS) is 13.3. The third kappa shape index (κ3) is 8.55. The summed E-state index contributed by atoms with van der Waals surface area (Å²) in [6, 6.07) is 0. The van der Waals surface area contributed by atoms with Crippen LogP contribution in [-0.2, 0) is 0 Å². The summed E-state index contributed by atoms with van der Waals surface area (Å²) >= 11 is 0. The first-order chi connectivity index (χ1) is 6.27. The van der Waals surface area contributed by atoms with E-state index in [1.54, 1.807) is 0 Å². The van der Waals surface area contributed by atoms with Crippen LogP contribution < -0.4 is 5.32 Å². The number of hydrogen-bond donors (Lipinski definition) is 1. The lowest BCUT2D eigenvalue weighted by molar-refractivity contribution is 0.247. The summed E-state index contributed by atoms with van der Waals surface area (Å²) in [7, 11) is 0. The van der Waals surface area contributed by atoms with Crippen molar-refractivity contribution in [3.63, 3.8) is 0 Å². The summed E-state index contributed by atoms with van der Waals surface area (Å²) in [5.74, 6) is 0. The average molecular weight is 199 g/mol. The number of hydrogen-bond acceptors (Lipinski definition) is 1. The molecule has 0 radical (unpaired) electrons. The first-order valence-corrected chi connectivity index (χ1v) is 5.97. The van der Waals surface area contributed by atoms with Gasteiger partial charge in [-0.2, -0.15) is 0 Å². The highest BCUT2D eigenvalue weighted by Gasteiger charge is 2.20. The van der Waals surface area contributed by atoms with Crippen LogP contribution >= 0.6 is 0 Å². The third-order valence-electron chi connectivity index (χ3n) is 2.58. The van der Waals surface area contributed by atoms with Crippen LogP contribution in [0.15, 0.2) is 0 Å². The van der Waals surface area contributed by atoms with Crippen LogP contribution in [0.25, 0.3) is 0 Å². The number of nitrogens with one attached hydrogen (secondary N) is 1. The van der Waals surface area contributed by atoms with Crippen LogP contribution in [0.3, 0.4) is 0 Å². The van der Waals surface area contributed by atoms with E-state index in [-0.39, 0.29) is 0 Å². The van der Waals surface area contributed by atoms with Crippen LogP contribution in [0.4, 0.5) is 0 Å². The van der Waals surface area contributed by atoms with E-state index in [0.717, 1.165) is 13.1 Å². The first-order valence-electron chi connectivity index (χ1n) is 5.97. The van der Waals surface area contributed by atoms with Crippen LogP contribution in [0.2, 0.25) is 0 Å². The Labute approximate surface area is 90.7 Å². The standard InChI is InChI=1S/C13H29N/c1-7-10-14-11-13(5,6)9-8-12(2,3)4/h14H,7-11H2,1-6H3. The van der Waals surface area contributed by atoms with E-state index in [1.165, 1.54) is 19.3 Å². The van der Waals surface area contributed by atoms with Crippen molar-refractivity contribution in [3.8, 4) is 0 Å². The maximum atomic E-state index is 3.51. The van der Waals surface area contributed by atoms with Crippen molar-refractivity contribution in [2.75, 3.05) is 13.1 Å². The SMILES string of the molecule is CCCNCC(C)(C)CCC(C)(C)C. The van der Waals surface area contributed by atoms with Crippen LogP contribution in [-0.4, -0.2) is 13.1 Å². The van der Waals surface area contributed by atoms with Gasteiger partial charge in [-0.1, -0.05) is 41.5 Å². The smallest absolute Gasteiger partial charge is 0.000252 e. The van der Waals surface area contributed by atoms with Crippen molar-refractivity contribution in [2.24, 2.45) is 10.8 Å². The molecule has 0 aliphatic carbocycles. The largest absolute Gasteiger partial charge is 0.316 e. The molecule has 1 N–H and O–H groups in total. The lowest BCUT2D eigenvalue weighted by Crippen LogP contribution is -2.30. The molecule has 0 saturated carbocycles. The fraction of sp³-hybridized carbons (Fsp3) is 1.00. The van der Waals surface area contributed by atoms with Gasteiger partial charge in [-0.05, 0) is 36.6 Å². The highest BCUT2D eigenvalue weighted by molar-refractivity contribution is 4.74. The minimum Gasteiger partial charge on any atom is -0.316 e. The quantitative estimate of drug-likeness (QED) is 0.641. The van der Waals surface area contributed by atoms with Gasteiger partial charge in [0.05, 0.1) is 0 Å². The van der Waals surface area contributed by atoms with Gasteiger partial charge in [0, 0.05) is 6.54 Å². The van der Waals surface area contributed by atoms with E-state index >= 15 is 0 Å². The third-order valence-corrected chi connectivity index (χ3v) is 2.58. The molecule has 86 valence electrons. The van der Waals surface area contributed by atoms with Gasteiger partial charge in [0.25, 0.3) is 0 Å². The predicted molar refractivity (Wildman–Crippen MR) is 65.6 cm³/mol. The predicted octanol–water partition coefficient (Wildman–Crippen LogP) is 3.84. The average Bonchev–Trinajstić information content (AvgIpc) is 2.00. The monoisotopic (exact) mass is 199 g/mol. The zero-order valence-corrected chi connectivity index (χ0v) is 11.0. The molecule has 0 unspecified atom stereocenters. The van der Waals surface area contributed by atoms with Crippen LogP contribution in [0.1, 0.15) is 60.8 Å². The summed E-state index contributed by atoms with van der Waals surface area (Å²) in [6.07, 6.45) is 3.86.